The molecule has 0 aliphatic heterocycles. The van der Waals surface area contributed by atoms with Gasteiger partial charge in [0.2, 0.25) is 0 Å². The fraction of sp³-hybridized carbons (Fsp3) is 0.208. The predicted octanol–water partition coefficient (Wildman–Crippen LogP) is 6.48. The fourth-order valence-corrected chi connectivity index (χ4v) is 4.73. The zero-order valence-electron chi connectivity index (χ0n) is 16.0. The first-order chi connectivity index (χ1) is 13.8. The second kappa shape index (κ2) is 5.96. The standard InChI is InChI=1S/C24H18F3NO/c1-3-7-15-14-8-4-5-11-19(14)28-22(15)20-13(2)12-18(24(25,26)27)16-9-6-10-17(21(16)20)23(28)29/h4-6,8-12H,3,7H2,1-2H3. The Morgan fingerprint density at radius 2 is 1.62 bits per heavy atom. The van der Waals surface area contributed by atoms with E-state index in [1.54, 1.807) is 17.4 Å². The number of aromatic nitrogens is 1. The van der Waals surface area contributed by atoms with E-state index in [-0.39, 0.29) is 10.9 Å². The quantitative estimate of drug-likeness (QED) is 0.336. The lowest BCUT2D eigenvalue weighted by Crippen LogP contribution is -2.15. The van der Waals surface area contributed by atoms with Crippen molar-refractivity contribution < 1.29 is 13.2 Å². The van der Waals surface area contributed by atoms with E-state index in [2.05, 4.69) is 6.92 Å². The van der Waals surface area contributed by atoms with E-state index in [4.69, 9.17) is 0 Å². The van der Waals surface area contributed by atoms with Gasteiger partial charge in [-0.25, -0.2) is 0 Å². The maximum absolute atomic E-state index is 13.8. The normalized spacial score (nSPS) is 12.7. The molecule has 29 heavy (non-hydrogen) atoms. The van der Waals surface area contributed by atoms with Crippen LogP contribution in [0.2, 0.25) is 0 Å². The van der Waals surface area contributed by atoms with Gasteiger partial charge in [-0.15, -0.1) is 0 Å². The third-order valence-electron chi connectivity index (χ3n) is 5.82. The van der Waals surface area contributed by atoms with Crippen LogP contribution in [0.25, 0.3) is 38.0 Å². The molecule has 0 spiro atoms. The van der Waals surface area contributed by atoms with Crippen LogP contribution in [0.4, 0.5) is 13.2 Å². The molecule has 2 nitrogen and oxygen atoms in total. The van der Waals surface area contributed by atoms with Crippen molar-refractivity contribution in [1.29, 1.82) is 0 Å². The highest BCUT2D eigenvalue weighted by Crippen LogP contribution is 2.42. The Kier molecular flexibility index (Phi) is 3.69. The number of alkyl halides is 3. The van der Waals surface area contributed by atoms with E-state index >= 15 is 0 Å². The molecule has 0 bridgehead atoms. The number of aryl methyl sites for hydroxylation is 2. The van der Waals surface area contributed by atoms with Crippen LogP contribution in [0.3, 0.4) is 0 Å². The minimum Gasteiger partial charge on any atom is -0.275 e. The second-order valence-electron chi connectivity index (χ2n) is 7.58. The Hall–Kier alpha value is -3.08. The SMILES string of the molecule is CCCc1c2ccccc2n2c(=O)c3cccc4c(C(F)(F)F)cc(C)c(c43)c12. The first kappa shape index (κ1) is 18.0. The fourth-order valence-electron chi connectivity index (χ4n) is 4.73. The number of fused-ring (bicyclic) bond motifs is 4. The molecule has 3 aromatic carbocycles. The van der Waals surface area contributed by atoms with E-state index in [1.807, 2.05) is 24.3 Å². The molecule has 0 unspecified atom stereocenters. The highest BCUT2D eigenvalue weighted by Gasteiger charge is 2.34. The summed E-state index contributed by atoms with van der Waals surface area (Å²) in [5.41, 5.74) is 2.15. The van der Waals surface area contributed by atoms with Gasteiger partial charge in [0.25, 0.3) is 5.56 Å². The second-order valence-corrected chi connectivity index (χ2v) is 7.58. The first-order valence-corrected chi connectivity index (χ1v) is 9.65. The van der Waals surface area contributed by atoms with E-state index in [0.717, 1.165) is 40.2 Å². The van der Waals surface area contributed by atoms with Crippen molar-refractivity contribution in [3.05, 3.63) is 75.6 Å². The van der Waals surface area contributed by atoms with Crippen molar-refractivity contribution in [2.45, 2.75) is 32.9 Å². The van der Waals surface area contributed by atoms with E-state index in [1.165, 1.54) is 18.2 Å². The molecular weight excluding hydrogens is 375 g/mol. The van der Waals surface area contributed by atoms with Crippen molar-refractivity contribution in [2.24, 2.45) is 0 Å². The zero-order valence-corrected chi connectivity index (χ0v) is 16.0. The summed E-state index contributed by atoms with van der Waals surface area (Å²) in [6.07, 6.45) is -2.86. The molecule has 5 aromatic rings. The highest BCUT2D eigenvalue weighted by atomic mass is 19.4. The number of para-hydroxylation sites is 1. The maximum atomic E-state index is 13.8. The summed E-state index contributed by atoms with van der Waals surface area (Å²) in [6.45, 7) is 3.76. The monoisotopic (exact) mass is 393 g/mol. The molecule has 5 rings (SSSR count). The van der Waals surface area contributed by atoms with E-state index in [0.29, 0.717) is 16.3 Å². The summed E-state index contributed by atoms with van der Waals surface area (Å²) < 4.78 is 43.0. The molecule has 0 aliphatic carbocycles. The lowest BCUT2D eigenvalue weighted by atomic mass is 9.92. The molecule has 0 fully saturated rings. The van der Waals surface area contributed by atoms with Gasteiger partial charge in [0.15, 0.2) is 0 Å². The summed E-state index contributed by atoms with van der Waals surface area (Å²) in [7, 11) is 0. The zero-order chi connectivity index (χ0) is 20.5. The average Bonchev–Trinajstić information content (AvgIpc) is 3.00. The predicted molar refractivity (Wildman–Crippen MR) is 111 cm³/mol. The molecule has 0 N–H and O–H groups in total. The van der Waals surface area contributed by atoms with Gasteiger partial charge in [-0.05, 0) is 48.1 Å². The molecule has 0 saturated heterocycles. The van der Waals surface area contributed by atoms with Gasteiger partial charge in [-0.3, -0.25) is 9.20 Å². The number of hydrogen-bond donors (Lipinski definition) is 0. The summed E-state index contributed by atoms with van der Waals surface area (Å²) in [4.78, 5) is 13.5. The summed E-state index contributed by atoms with van der Waals surface area (Å²) >= 11 is 0. The van der Waals surface area contributed by atoms with Crippen LogP contribution in [0, 0.1) is 6.92 Å². The molecule has 146 valence electrons. The number of benzene rings is 3. The molecule has 2 heterocycles. The largest absolute Gasteiger partial charge is 0.417 e. The average molecular weight is 393 g/mol. The lowest BCUT2D eigenvalue weighted by molar-refractivity contribution is -0.136. The maximum Gasteiger partial charge on any atom is 0.417 e. The van der Waals surface area contributed by atoms with E-state index < -0.39 is 11.7 Å². The van der Waals surface area contributed by atoms with Crippen molar-refractivity contribution >= 4 is 38.0 Å². The third kappa shape index (κ3) is 2.33. The molecule has 0 radical (unpaired) electrons. The van der Waals surface area contributed by atoms with Crippen molar-refractivity contribution in [3.8, 4) is 0 Å². The van der Waals surface area contributed by atoms with Gasteiger partial charge < -0.3 is 0 Å². The Labute approximate surface area is 164 Å². The number of pyridine rings is 1. The van der Waals surface area contributed by atoms with Crippen LogP contribution in [0.1, 0.15) is 30.0 Å². The minimum atomic E-state index is -4.48. The van der Waals surface area contributed by atoms with E-state index in [9.17, 15) is 18.0 Å². The first-order valence-electron chi connectivity index (χ1n) is 9.65. The lowest BCUT2D eigenvalue weighted by Gasteiger charge is -2.17. The Balaban J connectivity index is 2.18. The topological polar surface area (TPSA) is 21.5 Å². The number of hydrogen-bond acceptors (Lipinski definition) is 1. The molecule has 2 aromatic heterocycles. The summed E-state index contributed by atoms with van der Waals surface area (Å²) in [6, 6.07) is 13.6. The Bertz CT molecular complexity index is 1480. The van der Waals surface area contributed by atoms with Gasteiger partial charge >= 0.3 is 6.18 Å². The van der Waals surface area contributed by atoms with Gasteiger partial charge in [0.1, 0.15) is 0 Å². The molecule has 0 saturated carbocycles. The third-order valence-corrected chi connectivity index (χ3v) is 5.82. The number of halogens is 3. The summed E-state index contributed by atoms with van der Waals surface area (Å²) in [5.74, 6) is 0. The minimum absolute atomic E-state index is 0.0860. The van der Waals surface area contributed by atoms with Crippen LogP contribution in [-0.2, 0) is 12.6 Å². The van der Waals surface area contributed by atoms with Crippen LogP contribution in [-0.4, -0.2) is 4.40 Å². The van der Waals surface area contributed by atoms with Gasteiger partial charge in [-0.1, -0.05) is 43.7 Å². The Morgan fingerprint density at radius 3 is 2.34 bits per heavy atom. The smallest absolute Gasteiger partial charge is 0.275 e. The van der Waals surface area contributed by atoms with Gasteiger partial charge in [0.05, 0.1) is 16.6 Å². The highest BCUT2D eigenvalue weighted by molar-refractivity contribution is 6.20. The van der Waals surface area contributed by atoms with Crippen molar-refractivity contribution in [1.82, 2.24) is 4.40 Å². The van der Waals surface area contributed by atoms with Crippen LogP contribution >= 0.6 is 0 Å². The summed E-state index contributed by atoms with van der Waals surface area (Å²) in [5, 5.41) is 2.55. The molecular formula is C24H18F3NO. The molecule has 0 atom stereocenters. The van der Waals surface area contributed by atoms with Gasteiger partial charge in [0, 0.05) is 21.5 Å². The van der Waals surface area contributed by atoms with Gasteiger partial charge in [-0.2, -0.15) is 13.2 Å². The van der Waals surface area contributed by atoms with Crippen LogP contribution in [0.5, 0.6) is 0 Å². The van der Waals surface area contributed by atoms with Crippen molar-refractivity contribution in [2.75, 3.05) is 0 Å². The molecule has 0 aliphatic rings. The van der Waals surface area contributed by atoms with Crippen LogP contribution < -0.4 is 5.56 Å². The Morgan fingerprint density at radius 1 is 0.931 bits per heavy atom. The number of rotatable bonds is 2. The number of nitrogens with zero attached hydrogens (tertiary/aromatic N) is 1. The molecule has 0 amide bonds. The molecule has 5 heteroatoms. The van der Waals surface area contributed by atoms with Crippen LogP contribution in [0.15, 0.2) is 53.3 Å². The van der Waals surface area contributed by atoms with Crippen molar-refractivity contribution in [3.63, 3.8) is 0 Å².